The fourth-order valence-corrected chi connectivity index (χ4v) is 4.74. The molecule has 3 rings (SSSR count). The highest BCUT2D eigenvalue weighted by Crippen LogP contribution is 2.36. The number of anilines is 1. The van der Waals surface area contributed by atoms with Crippen LogP contribution < -0.4 is 10.2 Å². The number of halogens is 1. The molecule has 2 atom stereocenters. The van der Waals surface area contributed by atoms with E-state index in [9.17, 15) is 19.5 Å². The van der Waals surface area contributed by atoms with Gasteiger partial charge in [-0.05, 0) is 43.5 Å². The number of carboxylic acid groups (broad SMARTS) is 1. The molecule has 1 unspecified atom stereocenters. The zero-order valence-electron chi connectivity index (χ0n) is 17.6. The normalized spacial score (nSPS) is 16.8. The Hall–Kier alpha value is -2.55. The standard InChI is InChI=1S/C23H25ClN2O5S/c1-2-31-23(30)17(10-8-15-6-4-3-5-7-15)25-18-14-32-20-11-9-16(24)12-19(20)26(22(18)29)13-21(27)28/h3-7,9,11-12,17-18,25H,2,8,10,13-14H2,1H3,(H,27,28)/t17-,18?/m1/s1. The molecule has 1 aliphatic heterocycles. The number of carbonyl (C=O) groups excluding carboxylic acids is 2. The van der Waals surface area contributed by atoms with Crippen LogP contribution in [0.15, 0.2) is 53.4 Å². The number of nitrogens with zero attached hydrogens (tertiary/aromatic N) is 1. The highest BCUT2D eigenvalue weighted by molar-refractivity contribution is 7.99. The first-order valence-corrected chi connectivity index (χ1v) is 11.7. The summed E-state index contributed by atoms with van der Waals surface area (Å²) in [7, 11) is 0. The quantitative estimate of drug-likeness (QED) is 0.535. The molecule has 1 amide bonds. The highest BCUT2D eigenvalue weighted by Gasteiger charge is 2.35. The minimum absolute atomic E-state index is 0.227. The van der Waals surface area contributed by atoms with Crippen LogP contribution in [0.4, 0.5) is 5.69 Å². The lowest BCUT2D eigenvalue weighted by Gasteiger charge is -2.27. The van der Waals surface area contributed by atoms with Crippen LogP contribution >= 0.6 is 23.4 Å². The Morgan fingerprint density at radius 3 is 2.72 bits per heavy atom. The molecule has 0 saturated heterocycles. The molecule has 170 valence electrons. The van der Waals surface area contributed by atoms with Crippen LogP contribution in [0.2, 0.25) is 5.02 Å². The Bertz CT molecular complexity index is 972. The summed E-state index contributed by atoms with van der Waals surface area (Å²) in [6.45, 7) is 1.46. The molecule has 9 heteroatoms. The van der Waals surface area contributed by atoms with Crippen molar-refractivity contribution in [1.29, 1.82) is 0 Å². The van der Waals surface area contributed by atoms with Crippen molar-refractivity contribution in [3.05, 3.63) is 59.1 Å². The molecular formula is C23H25ClN2O5S. The van der Waals surface area contributed by atoms with E-state index in [1.165, 1.54) is 16.7 Å². The molecule has 2 aromatic rings. The number of ether oxygens (including phenoxy) is 1. The maximum atomic E-state index is 13.3. The monoisotopic (exact) mass is 476 g/mol. The molecule has 0 aliphatic carbocycles. The van der Waals surface area contributed by atoms with Crippen molar-refractivity contribution in [2.45, 2.75) is 36.7 Å². The molecule has 1 heterocycles. The predicted octanol–water partition coefficient (Wildman–Crippen LogP) is 3.39. The molecule has 0 bridgehead atoms. The van der Waals surface area contributed by atoms with Crippen molar-refractivity contribution >= 4 is 46.9 Å². The van der Waals surface area contributed by atoms with E-state index in [4.69, 9.17) is 16.3 Å². The zero-order valence-corrected chi connectivity index (χ0v) is 19.2. The van der Waals surface area contributed by atoms with Gasteiger partial charge in [0.25, 0.3) is 0 Å². The van der Waals surface area contributed by atoms with E-state index in [0.29, 0.717) is 29.3 Å². The molecule has 7 nitrogen and oxygen atoms in total. The average Bonchev–Trinajstić information content (AvgIpc) is 2.89. The molecule has 2 aromatic carbocycles. The van der Waals surface area contributed by atoms with Gasteiger partial charge in [-0.2, -0.15) is 0 Å². The van der Waals surface area contributed by atoms with Gasteiger partial charge in [-0.25, -0.2) is 0 Å². The van der Waals surface area contributed by atoms with Gasteiger partial charge in [-0.15, -0.1) is 11.8 Å². The average molecular weight is 477 g/mol. The Morgan fingerprint density at radius 1 is 1.28 bits per heavy atom. The van der Waals surface area contributed by atoms with Crippen LogP contribution in [0.1, 0.15) is 18.9 Å². The van der Waals surface area contributed by atoms with Gasteiger partial charge >= 0.3 is 11.9 Å². The smallest absolute Gasteiger partial charge is 0.323 e. The van der Waals surface area contributed by atoms with Crippen LogP contribution in [0, 0.1) is 0 Å². The van der Waals surface area contributed by atoms with Crippen molar-refractivity contribution in [2.24, 2.45) is 0 Å². The minimum atomic E-state index is -1.14. The summed E-state index contributed by atoms with van der Waals surface area (Å²) < 4.78 is 5.22. The number of fused-ring (bicyclic) bond motifs is 1. The fourth-order valence-electron chi connectivity index (χ4n) is 3.50. The third kappa shape index (κ3) is 6.25. The summed E-state index contributed by atoms with van der Waals surface area (Å²) in [5.41, 5.74) is 1.52. The van der Waals surface area contributed by atoms with E-state index < -0.39 is 36.5 Å². The van der Waals surface area contributed by atoms with E-state index in [2.05, 4.69) is 5.32 Å². The summed E-state index contributed by atoms with van der Waals surface area (Å²) >= 11 is 7.52. The van der Waals surface area contributed by atoms with E-state index in [1.54, 1.807) is 25.1 Å². The third-order valence-corrected chi connectivity index (χ3v) is 6.40. The number of aryl methyl sites for hydroxylation is 1. The molecule has 0 spiro atoms. The SMILES string of the molecule is CCOC(=O)[C@@H](CCc1ccccc1)NC1CSc2ccc(Cl)cc2N(CC(=O)O)C1=O. The largest absolute Gasteiger partial charge is 0.480 e. The Labute approximate surface area is 196 Å². The van der Waals surface area contributed by atoms with Gasteiger partial charge in [0.05, 0.1) is 18.3 Å². The molecule has 32 heavy (non-hydrogen) atoms. The van der Waals surface area contributed by atoms with Gasteiger partial charge in [0, 0.05) is 15.7 Å². The van der Waals surface area contributed by atoms with Crippen molar-refractivity contribution in [1.82, 2.24) is 5.32 Å². The zero-order chi connectivity index (χ0) is 23.1. The first-order chi connectivity index (χ1) is 15.4. The highest BCUT2D eigenvalue weighted by atomic mass is 35.5. The van der Waals surface area contributed by atoms with E-state index in [-0.39, 0.29) is 6.61 Å². The van der Waals surface area contributed by atoms with Crippen LogP contribution in [0.25, 0.3) is 0 Å². The Morgan fingerprint density at radius 2 is 2.03 bits per heavy atom. The maximum absolute atomic E-state index is 13.3. The first kappa shape index (κ1) is 24.1. The van der Waals surface area contributed by atoms with Crippen molar-refractivity contribution < 1.29 is 24.2 Å². The Balaban J connectivity index is 1.82. The number of rotatable bonds is 9. The van der Waals surface area contributed by atoms with Gasteiger partial charge in [0.15, 0.2) is 0 Å². The van der Waals surface area contributed by atoms with E-state index >= 15 is 0 Å². The molecule has 0 radical (unpaired) electrons. The second-order valence-corrected chi connectivity index (χ2v) is 8.79. The van der Waals surface area contributed by atoms with Crippen molar-refractivity contribution in [3.63, 3.8) is 0 Å². The number of amides is 1. The number of thioether (sulfide) groups is 1. The summed E-state index contributed by atoms with van der Waals surface area (Å²) in [6.07, 6.45) is 1.06. The van der Waals surface area contributed by atoms with Crippen molar-refractivity contribution in [2.75, 3.05) is 23.8 Å². The lowest BCUT2D eigenvalue weighted by molar-refractivity contribution is -0.146. The lowest BCUT2D eigenvalue weighted by atomic mass is 10.0. The van der Waals surface area contributed by atoms with Crippen molar-refractivity contribution in [3.8, 4) is 0 Å². The van der Waals surface area contributed by atoms with Gasteiger partial charge in [0.1, 0.15) is 12.6 Å². The fraction of sp³-hybridized carbons (Fsp3) is 0.348. The van der Waals surface area contributed by atoms with Gasteiger partial charge in [0.2, 0.25) is 5.91 Å². The number of carboxylic acids is 1. The number of hydrogen-bond donors (Lipinski definition) is 2. The lowest BCUT2D eigenvalue weighted by Crippen LogP contribution is -2.54. The first-order valence-electron chi connectivity index (χ1n) is 10.3. The summed E-state index contributed by atoms with van der Waals surface area (Å²) in [6, 6.07) is 13.3. The maximum Gasteiger partial charge on any atom is 0.323 e. The van der Waals surface area contributed by atoms with Gasteiger partial charge in [-0.3, -0.25) is 24.6 Å². The summed E-state index contributed by atoms with van der Waals surface area (Å²) in [4.78, 5) is 39.4. The second kappa shape index (κ2) is 11.4. The third-order valence-electron chi connectivity index (χ3n) is 5.01. The predicted molar refractivity (Wildman–Crippen MR) is 124 cm³/mol. The number of esters is 1. The van der Waals surface area contributed by atoms with E-state index in [0.717, 1.165) is 10.5 Å². The Kier molecular flexibility index (Phi) is 8.55. The number of nitrogens with one attached hydrogen (secondary N) is 1. The van der Waals surface area contributed by atoms with Crippen LogP contribution in [0.5, 0.6) is 0 Å². The number of benzene rings is 2. The molecule has 1 aliphatic rings. The molecule has 0 aromatic heterocycles. The number of carbonyl (C=O) groups is 3. The van der Waals surface area contributed by atoms with Crippen LogP contribution in [0.3, 0.4) is 0 Å². The summed E-state index contributed by atoms with van der Waals surface area (Å²) in [5.74, 6) is -1.66. The molecule has 0 fully saturated rings. The van der Waals surface area contributed by atoms with Gasteiger partial charge < -0.3 is 9.84 Å². The summed E-state index contributed by atoms with van der Waals surface area (Å²) in [5, 5.41) is 12.9. The topological polar surface area (TPSA) is 95.9 Å². The van der Waals surface area contributed by atoms with Crippen LogP contribution in [-0.2, 0) is 25.5 Å². The molecule has 0 saturated carbocycles. The van der Waals surface area contributed by atoms with E-state index in [1.807, 2.05) is 30.3 Å². The minimum Gasteiger partial charge on any atom is -0.480 e. The molecule has 2 N–H and O–H groups in total. The van der Waals surface area contributed by atoms with Crippen LogP contribution in [-0.4, -0.2) is 53.9 Å². The number of hydrogen-bond acceptors (Lipinski definition) is 6. The molecular weight excluding hydrogens is 452 g/mol. The second-order valence-electron chi connectivity index (χ2n) is 7.29. The van der Waals surface area contributed by atoms with Gasteiger partial charge in [-0.1, -0.05) is 41.9 Å². The number of aliphatic carboxylic acids is 1.